The number of phenols is 2. The van der Waals surface area contributed by atoms with Gasteiger partial charge in [0.2, 0.25) is 0 Å². The first-order valence-corrected chi connectivity index (χ1v) is 9.46. The van der Waals surface area contributed by atoms with E-state index in [0.29, 0.717) is 0 Å². The number of hydrogen-bond acceptors (Lipinski definition) is 2. The first kappa shape index (κ1) is 19.1. The van der Waals surface area contributed by atoms with Gasteiger partial charge >= 0.3 is 0 Å². The summed E-state index contributed by atoms with van der Waals surface area (Å²) in [5.41, 5.74) is 4.28. The van der Waals surface area contributed by atoms with Crippen molar-refractivity contribution in [3.8, 4) is 11.5 Å². The molecule has 0 aromatic heterocycles. The predicted octanol–water partition coefficient (Wildman–Crippen LogP) is 5.49. The molecule has 0 bridgehead atoms. The van der Waals surface area contributed by atoms with E-state index in [4.69, 9.17) is 0 Å². The van der Waals surface area contributed by atoms with Gasteiger partial charge in [-0.3, -0.25) is 0 Å². The molecule has 2 N–H and O–H groups in total. The Balaban J connectivity index is 1.79. The molecule has 2 aromatic rings. The van der Waals surface area contributed by atoms with Crippen LogP contribution in [-0.2, 0) is 0 Å². The van der Waals surface area contributed by atoms with Gasteiger partial charge in [-0.1, -0.05) is 42.0 Å². The van der Waals surface area contributed by atoms with Gasteiger partial charge < -0.3 is 10.2 Å². The van der Waals surface area contributed by atoms with E-state index in [9.17, 15) is 10.2 Å². The molecule has 2 heteroatoms. The molecule has 138 valence electrons. The second-order valence-electron chi connectivity index (χ2n) is 6.89. The molecule has 2 saturated carbocycles. The maximum Gasteiger partial charge on any atom is 0.158 e. The highest BCUT2D eigenvalue weighted by Crippen LogP contribution is 2.43. The van der Waals surface area contributed by atoms with E-state index in [2.05, 4.69) is 63.5 Å². The molecule has 0 heterocycles. The van der Waals surface area contributed by atoms with E-state index in [1.165, 1.54) is 17.4 Å². The van der Waals surface area contributed by atoms with Crippen LogP contribution in [0, 0.1) is 63.2 Å². The van der Waals surface area contributed by atoms with Gasteiger partial charge in [0.05, 0.1) is 0 Å². The summed E-state index contributed by atoms with van der Waals surface area (Å²) in [5.74, 6) is 2.27. The molecule has 0 aliphatic heterocycles. The molecule has 2 aliphatic carbocycles. The van der Waals surface area contributed by atoms with Crippen LogP contribution in [0.1, 0.15) is 24.0 Å². The fourth-order valence-electron chi connectivity index (χ4n) is 3.64. The molecule has 10 radical (unpaired) electrons. The van der Waals surface area contributed by atoms with E-state index >= 15 is 0 Å². The van der Waals surface area contributed by atoms with Crippen LogP contribution in [0.4, 0.5) is 0 Å². The maximum atomic E-state index is 10.1. The molecule has 0 unspecified atom stereocenters. The van der Waals surface area contributed by atoms with Crippen molar-refractivity contribution in [2.24, 2.45) is 0 Å². The first-order valence-electron chi connectivity index (χ1n) is 9.46. The quantitative estimate of drug-likeness (QED) is 0.664. The van der Waals surface area contributed by atoms with Crippen LogP contribution in [0.2, 0.25) is 0 Å². The van der Waals surface area contributed by atoms with Crippen molar-refractivity contribution >= 4 is 5.57 Å². The van der Waals surface area contributed by atoms with E-state index in [-0.39, 0.29) is 11.5 Å². The number of rotatable bonds is 6. The minimum atomic E-state index is -0.109. The highest BCUT2D eigenvalue weighted by molar-refractivity contribution is 5.86. The van der Waals surface area contributed by atoms with E-state index < -0.39 is 0 Å². The molecule has 2 aliphatic rings. The summed E-state index contributed by atoms with van der Waals surface area (Å²) in [6, 6.07) is 15.3. The second kappa shape index (κ2) is 8.86. The van der Waals surface area contributed by atoms with Crippen LogP contribution in [0.15, 0.2) is 54.1 Å². The Kier molecular flexibility index (Phi) is 6.04. The SMILES string of the molecule is Oc1ccc(/C(=C(/CC[C]2[CH][CH][CH][CH]2)[C]2[CH][CH][CH][CH]2)c2ccccc2)cc1O. The molecular formula is C26H22O2. The first-order chi connectivity index (χ1) is 13.7. The van der Waals surface area contributed by atoms with Gasteiger partial charge in [0, 0.05) is 5.92 Å². The van der Waals surface area contributed by atoms with Crippen LogP contribution in [-0.4, -0.2) is 10.2 Å². The van der Waals surface area contributed by atoms with Gasteiger partial charge in [-0.15, -0.1) is 0 Å². The summed E-state index contributed by atoms with van der Waals surface area (Å²) in [6.45, 7) is 0. The Labute approximate surface area is 168 Å². The Morgan fingerprint density at radius 3 is 2.04 bits per heavy atom. The van der Waals surface area contributed by atoms with Gasteiger partial charge in [0.15, 0.2) is 11.5 Å². The van der Waals surface area contributed by atoms with Gasteiger partial charge in [-0.05, 0) is 99.0 Å². The summed E-state index contributed by atoms with van der Waals surface area (Å²) < 4.78 is 0. The van der Waals surface area contributed by atoms with Gasteiger partial charge in [0.1, 0.15) is 0 Å². The molecular weight excluding hydrogens is 344 g/mol. The molecule has 28 heavy (non-hydrogen) atoms. The van der Waals surface area contributed by atoms with Crippen LogP contribution >= 0.6 is 0 Å². The molecule has 2 fully saturated rings. The van der Waals surface area contributed by atoms with Crippen molar-refractivity contribution in [3.63, 3.8) is 0 Å². The van der Waals surface area contributed by atoms with Crippen LogP contribution < -0.4 is 0 Å². The van der Waals surface area contributed by atoms with Crippen molar-refractivity contribution in [3.05, 3.63) is 128 Å². The number of phenolic OH excluding ortho intramolecular Hbond substituents is 2. The van der Waals surface area contributed by atoms with Gasteiger partial charge in [0.25, 0.3) is 0 Å². The normalized spacial score (nSPS) is 19.1. The zero-order valence-electron chi connectivity index (χ0n) is 15.5. The summed E-state index contributed by atoms with van der Waals surface area (Å²) in [7, 11) is 0. The fourth-order valence-corrected chi connectivity index (χ4v) is 3.64. The summed E-state index contributed by atoms with van der Waals surface area (Å²) in [6.07, 6.45) is 18.6. The smallest absolute Gasteiger partial charge is 0.158 e. The van der Waals surface area contributed by atoms with Crippen molar-refractivity contribution in [1.29, 1.82) is 0 Å². The molecule has 0 atom stereocenters. The largest absolute Gasteiger partial charge is 0.504 e. The van der Waals surface area contributed by atoms with Gasteiger partial charge in [-0.25, -0.2) is 0 Å². The predicted molar refractivity (Wildman–Crippen MR) is 112 cm³/mol. The van der Waals surface area contributed by atoms with Crippen molar-refractivity contribution in [2.75, 3.05) is 0 Å². The van der Waals surface area contributed by atoms with Crippen LogP contribution in [0.5, 0.6) is 11.5 Å². The molecule has 2 nitrogen and oxygen atoms in total. The highest BCUT2D eigenvalue weighted by atomic mass is 16.3. The van der Waals surface area contributed by atoms with Gasteiger partial charge in [-0.2, -0.15) is 0 Å². The number of allylic oxidation sites excluding steroid dienone is 1. The number of hydrogen-bond donors (Lipinski definition) is 2. The monoisotopic (exact) mass is 366 g/mol. The lowest BCUT2D eigenvalue weighted by Gasteiger charge is -2.22. The standard InChI is InChI=1S/C26H22O2/c27-24-17-15-22(18-25(24)28)26(21-12-2-1-3-13-21)23(20-10-6-7-11-20)16-14-19-8-4-5-9-19/h1-13,15,17-18,27-28H,14,16H2/b26-23-. The Hall–Kier alpha value is -2.22. The Bertz CT molecular complexity index is 810. The van der Waals surface area contributed by atoms with Crippen molar-refractivity contribution in [2.45, 2.75) is 12.8 Å². The summed E-state index contributed by atoms with van der Waals surface area (Å²) in [5, 5.41) is 19.9. The molecule has 4 rings (SSSR count). The summed E-state index contributed by atoms with van der Waals surface area (Å²) >= 11 is 0. The van der Waals surface area contributed by atoms with E-state index in [1.807, 2.05) is 24.3 Å². The molecule has 2 aromatic carbocycles. The second-order valence-corrected chi connectivity index (χ2v) is 6.89. The lowest BCUT2D eigenvalue weighted by Crippen LogP contribution is -2.06. The zero-order chi connectivity index (χ0) is 19.3. The third-order valence-electron chi connectivity index (χ3n) is 5.03. The third kappa shape index (κ3) is 4.27. The number of aromatic hydroxyl groups is 2. The van der Waals surface area contributed by atoms with Crippen molar-refractivity contribution < 1.29 is 10.2 Å². The molecule has 0 spiro atoms. The lowest BCUT2D eigenvalue weighted by molar-refractivity contribution is 0.403. The average Bonchev–Trinajstić information content (AvgIpc) is 3.42. The Morgan fingerprint density at radius 2 is 1.36 bits per heavy atom. The fraction of sp³-hybridized carbons (Fsp3) is 0.0769. The van der Waals surface area contributed by atoms with Crippen LogP contribution in [0.25, 0.3) is 5.57 Å². The minimum Gasteiger partial charge on any atom is -0.504 e. The Morgan fingerprint density at radius 1 is 0.679 bits per heavy atom. The zero-order valence-corrected chi connectivity index (χ0v) is 15.5. The van der Waals surface area contributed by atoms with E-state index in [0.717, 1.165) is 29.5 Å². The van der Waals surface area contributed by atoms with Crippen LogP contribution in [0.3, 0.4) is 0 Å². The third-order valence-corrected chi connectivity index (χ3v) is 5.03. The van der Waals surface area contributed by atoms with E-state index in [1.54, 1.807) is 12.1 Å². The highest BCUT2D eigenvalue weighted by Gasteiger charge is 2.27. The average molecular weight is 366 g/mol. The maximum absolute atomic E-state index is 10.1. The summed E-state index contributed by atoms with van der Waals surface area (Å²) in [4.78, 5) is 0. The lowest BCUT2D eigenvalue weighted by atomic mass is 9.82. The molecule has 0 amide bonds. The molecule has 0 saturated heterocycles. The minimum absolute atomic E-state index is 0.108. The topological polar surface area (TPSA) is 40.5 Å². The van der Waals surface area contributed by atoms with Crippen molar-refractivity contribution in [1.82, 2.24) is 0 Å². The number of benzene rings is 2.